The van der Waals surface area contributed by atoms with Crippen LogP contribution in [0.5, 0.6) is 11.5 Å². The quantitative estimate of drug-likeness (QED) is 0.289. The van der Waals surface area contributed by atoms with Gasteiger partial charge in [-0.15, -0.1) is 0 Å². The fourth-order valence-electron chi connectivity index (χ4n) is 6.48. The van der Waals surface area contributed by atoms with Gasteiger partial charge in [0.15, 0.2) is 23.0 Å². The van der Waals surface area contributed by atoms with Crippen molar-refractivity contribution in [3.05, 3.63) is 52.4 Å². The number of carbonyl (C=O) groups is 4. The number of methoxy groups -OCH3 is 2. The van der Waals surface area contributed by atoms with E-state index in [1.165, 1.54) is 4.68 Å². The van der Waals surface area contributed by atoms with Crippen LogP contribution in [0.4, 0.5) is 0 Å². The number of H-pyrrole nitrogens is 1. The highest BCUT2D eigenvalue weighted by atomic mass is 16.5. The van der Waals surface area contributed by atoms with Crippen molar-refractivity contribution < 1.29 is 28.7 Å². The van der Waals surface area contributed by atoms with Crippen molar-refractivity contribution in [1.82, 2.24) is 45.8 Å². The summed E-state index contributed by atoms with van der Waals surface area (Å²) in [7, 11) is 3.13. The van der Waals surface area contributed by atoms with Gasteiger partial charge in [0.1, 0.15) is 18.4 Å². The summed E-state index contributed by atoms with van der Waals surface area (Å²) in [4.78, 5) is 60.2. The van der Waals surface area contributed by atoms with Crippen LogP contribution in [0.1, 0.15) is 97.9 Å². The lowest BCUT2D eigenvalue weighted by Gasteiger charge is -2.26. The third-order valence-corrected chi connectivity index (χ3v) is 9.46. The van der Waals surface area contributed by atoms with Crippen LogP contribution in [0, 0.1) is 5.92 Å². The molecule has 0 fully saturated rings. The standard InChI is InChI=1S/C35H49N9O6/c1-6-21(2)31-34(47)37-22(3)33-38-28(19-23-13-14-26(49-4)27(18-23)50-5)42-44(33)20-30(46)36-15-9-17-43(16-8-12-29(45)39-31)35(48)32-24-10-7-11-25(24)40-41-32/h13-14,18,21-22,31H,6-12,15-17,19-20H2,1-5H3,(H,36,46)(H,37,47)(H,39,45)(H,40,41)/t21-,22+,31-/m0/s1. The topological polar surface area (TPSA) is 185 Å². The summed E-state index contributed by atoms with van der Waals surface area (Å²) in [5, 5.41) is 20.9. The first kappa shape index (κ1) is 36.3. The Kier molecular flexibility index (Phi) is 12.1. The van der Waals surface area contributed by atoms with Gasteiger partial charge in [-0.2, -0.15) is 10.2 Å². The molecule has 50 heavy (non-hydrogen) atoms. The van der Waals surface area contributed by atoms with E-state index in [4.69, 9.17) is 14.5 Å². The lowest BCUT2D eigenvalue weighted by molar-refractivity contribution is -0.130. The third kappa shape index (κ3) is 8.61. The van der Waals surface area contributed by atoms with E-state index in [9.17, 15) is 19.2 Å². The SMILES string of the molecule is CC[C@H](C)[C@@H]1NC(=O)CCCN(C(=O)c2n[nH]c3c2CCC3)CCCNC(=O)Cn2nc(Cc3ccc(OC)c(OC)c3)nc2[C@@H](C)NC1=O. The zero-order valence-corrected chi connectivity index (χ0v) is 29.6. The number of carbonyl (C=O) groups excluding carboxylic acids is 4. The molecule has 4 N–H and O–H groups in total. The average molecular weight is 692 g/mol. The van der Waals surface area contributed by atoms with Gasteiger partial charge in [0.2, 0.25) is 17.7 Å². The Morgan fingerprint density at radius 3 is 2.54 bits per heavy atom. The molecule has 0 saturated carbocycles. The van der Waals surface area contributed by atoms with Crippen LogP contribution in [0.25, 0.3) is 0 Å². The number of benzene rings is 1. The van der Waals surface area contributed by atoms with Crippen LogP contribution in [-0.2, 0) is 40.2 Å². The summed E-state index contributed by atoms with van der Waals surface area (Å²) in [5.74, 6) is 0.790. The van der Waals surface area contributed by atoms with Crippen molar-refractivity contribution in [1.29, 1.82) is 0 Å². The van der Waals surface area contributed by atoms with E-state index in [0.29, 0.717) is 74.2 Å². The number of ether oxygens (including phenoxy) is 2. The molecule has 0 unspecified atom stereocenters. The number of fused-ring (bicyclic) bond motifs is 2. The van der Waals surface area contributed by atoms with Crippen molar-refractivity contribution in [2.24, 2.45) is 5.92 Å². The van der Waals surface area contributed by atoms with Crippen molar-refractivity contribution in [2.45, 2.75) is 90.8 Å². The highest BCUT2D eigenvalue weighted by Gasteiger charge is 2.30. The second-order valence-electron chi connectivity index (χ2n) is 13.1. The van der Waals surface area contributed by atoms with Gasteiger partial charge >= 0.3 is 0 Å². The average Bonchev–Trinajstić information content (AvgIpc) is 3.84. The molecular weight excluding hydrogens is 642 g/mol. The summed E-state index contributed by atoms with van der Waals surface area (Å²) >= 11 is 0. The number of amides is 4. The number of hydrogen-bond donors (Lipinski definition) is 4. The lowest BCUT2D eigenvalue weighted by Crippen LogP contribution is -2.51. The molecule has 2 aromatic heterocycles. The van der Waals surface area contributed by atoms with Crippen LogP contribution in [0.15, 0.2) is 18.2 Å². The molecule has 3 atom stereocenters. The van der Waals surface area contributed by atoms with Crippen molar-refractivity contribution >= 4 is 23.6 Å². The Balaban J connectivity index is 1.38. The minimum absolute atomic E-state index is 0.123. The number of rotatable bonds is 7. The molecule has 0 radical (unpaired) electrons. The lowest BCUT2D eigenvalue weighted by atomic mass is 9.97. The molecule has 1 aromatic carbocycles. The normalized spacial score (nSPS) is 20.0. The maximum atomic E-state index is 13.7. The van der Waals surface area contributed by atoms with E-state index in [2.05, 4.69) is 31.2 Å². The summed E-state index contributed by atoms with van der Waals surface area (Å²) < 4.78 is 12.3. The third-order valence-electron chi connectivity index (χ3n) is 9.46. The molecule has 15 heteroatoms. The molecule has 0 bridgehead atoms. The van der Waals surface area contributed by atoms with Gasteiger partial charge in [-0.3, -0.25) is 24.3 Å². The van der Waals surface area contributed by atoms with E-state index in [-0.39, 0.29) is 42.5 Å². The maximum Gasteiger partial charge on any atom is 0.274 e. The molecule has 270 valence electrons. The van der Waals surface area contributed by atoms with E-state index in [1.807, 2.05) is 26.0 Å². The summed E-state index contributed by atoms with van der Waals surface area (Å²) in [6.45, 7) is 6.58. The Labute approximate surface area is 292 Å². The minimum Gasteiger partial charge on any atom is -0.493 e. The molecule has 2 aliphatic rings. The summed E-state index contributed by atoms with van der Waals surface area (Å²) in [6, 6.07) is 4.13. The van der Waals surface area contributed by atoms with E-state index in [1.54, 1.807) is 32.1 Å². The van der Waals surface area contributed by atoms with Gasteiger partial charge in [-0.05, 0) is 62.6 Å². The fraction of sp³-hybridized carbons (Fsp3) is 0.571. The molecule has 15 nitrogen and oxygen atoms in total. The molecule has 4 amide bonds. The molecule has 1 aliphatic heterocycles. The minimum atomic E-state index is -0.788. The summed E-state index contributed by atoms with van der Waals surface area (Å²) in [6.07, 6.45) is 4.72. The van der Waals surface area contributed by atoms with Crippen LogP contribution in [-0.4, -0.2) is 93.4 Å². The van der Waals surface area contributed by atoms with Gasteiger partial charge in [0.05, 0.1) is 20.3 Å². The van der Waals surface area contributed by atoms with Crippen LogP contribution in [0.3, 0.4) is 0 Å². The summed E-state index contributed by atoms with van der Waals surface area (Å²) in [5.41, 5.74) is 3.27. The second-order valence-corrected chi connectivity index (χ2v) is 13.1. The van der Waals surface area contributed by atoms with Crippen LogP contribution >= 0.6 is 0 Å². The second kappa shape index (κ2) is 16.6. The zero-order valence-electron chi connectivity index (χ0n) is 29.6. The molecular formula is C35H49N9O6. The van der Waals surface area contributed by atoms with Crippen LogP contribution in [0.2, 0.25) is 0 Å². The monoisotopic (exact) mass is 691 g/mol. The van der Waals surface area contributed by atoms with E-state index < -0.39 is 12.1 Å². The van der Waals surface area contributed by atoms with Crippen molar-refractivity contribution in [2.75, 3.05) is 33.9 Å². The fourth-order valence-corrected chi connectivity index (χ4v) is 6.48. The molecule has 3 heterocycles. The predicted molar refractivity (Wildman–Crippen MR) is 184 cm³/mol. The smallest absolute Gasteiger partial charge is 0.274 e. The van der Waals surface area contributed by atoms with Crippen molar-refractivity contribution in [3.63, 3.8) is 0 Å². The Bertz CT molecular complexity index is 1680. The Morgan fingerprint density at radius 2 is 1.78 bits per heavy atom. The molecule has 3 aromatic rings. The van der Waals surface area contributed by atoms with E-state index in [0.717, 1.165) is 36.1 Å². The number of hydrogen-bond acceptors (Lipinski definition) is 9. The largest absolute Gasteiger partial charge is 0.493 e. The first-order valence-corrected chi connectivity index (χ1v) is 17.5. The van der Waals surface area contributed by atoms with Gasteiger partial charge in [0, 0.05) is 43.7 Å². The van der Waals surface area contributed by atoms with Gasteiger partial charge in [-0.1, -0.05) is 26.3 Å². The molecule has 0 saturated heterocycles. The van der Waals surface area contributed by atoms with Crippen molar-refractivity contribution in [3.8, 4) is 11.5 Å². The number of nitrogens with one attached hydrogen (secondary N) is 4. The Hall–Kier alpha value is -4.95. The number of nitrogens with zero attached hydrogens (tertiary/aromatic N) is 5. The first-order valence-electron chi connectivity index (χ1n) is 17.5. The first-order chi connectivity index (χ1) is 24.1. The van der Waals surface area contributed by atoms with Gasteiger partial charge in [-0.25, -0.2) is 9.67 Å². The highest BCUT2D eigenvalue weighted by molar-refractivity contribution is 5.94. The zero-order chi connectivity index (χ0) is 35.8. The molecule has 5 rings (SSSR count). The highest BCUT2D eigenvalue weighted by Crippen LogP contribution is 2.28. The van der Waals surface area contributed by atoms with Gasteiger partial charge < -0.3 is 30.3 Å². The number of aromatic amines is 1. The van der Waals surface area contributed by atoms with E-state index >= 15 is 0 Å². The maximum absolute atomic E-state index is 13.7. The Morgan fingerprint density at radius 1 is 1.00 bits per heavy atom. The predicted octanol–water partition coefficient (Wildman–Crippen LogP) is 2.25. The van der Waals surface area contributed by atoms with Gasteiger partial charge in [0.25, 0.3) is 5.91 Å². The number of aromatic nitrogens is 5. The van der Waals surface area contributed by atoms with Crippen LogP contribution < -0.4 is 25.4 Å². The number of aryl methyl sites for hydroxylation is 1. The molecule has 0 spiro atoms. The molecule has 1 aliphatic carbocycles.